The van der Waals surface area contributed by atoms with Crippen molar-refractivity contribution in [1.29, 1.82) is 0 Å². The number of anilines is 2. The van der Waals surface area contributed by atoms with E-state index in [1.807, 2.05) is 0 Å². The van der Waals surface area contributed by atoms with Crippen LogP contribution in [0.1, 0.15) is 38.6 Å². The molecule has 17 heavy (non-hydrogen) atoms. The average molecular weight is 236 g/mol. The van der Waals surface area contributed by atoms with Crippen LogP contribution in [0, 0.1) is 6.92 Å². The Labute approximate surface area is 104 Å². The van der Waals surface area contributed by atoms with Gasteiger partial charge in [-0.2, -0.15) is 0 Å². The van der Waals surface area contributed by atoms with E-state index in [-0.39, 0.29) is 0 Å². The molecule has 0 aromatic carbocycles. The van der Waals surface area contributed by atoms with Crippen LogP contribution in [0.3, 0.4) is 0 Å². The van der Waals surface area contributed by atoms with Gasteiger partial charge in [0.05, 0.1) is 0 Å². The van der Waals surface area contributed by atoms with Crippen LogP contribution in [0.5, 0.6) is 0 Å². The normalized spacial score (nSPS) is 10.4. The molecule has 0 saturated heterocycles. The number of nitrogens with zero attached hydrogens (tertiary/aromatic N) is 3. The summed E-state index contributed by atoms with van der Waals surface area (Å²) in [5.74, 6) is 2.93. The Hall–Kier alpha value is -1.32. The maximum Gasteiger partial charge on any atom is 0.137 e. The number of aromatic nitrogens is 2. The summed E-state index contributed by atoms with van der Waals surface area (Å²) in [4.78, 5) is 11.3. The van der Waals surface area contributed by atoms with Gasteiger partial charge in [-0.3, -0.25) is 0 Å². The zero-order chi connectivity index (χ0) is 12.8. The van der Waals surface area contributed by atoms with Gasteiger partial charge < -0.3 is 10.2 Å². The molecule has 0 aliphatic heterocycles. The largest absolute Gasteiger partial charge is 0.370 e. The van der Waals surface area contributed by atoms with E-state index >= 15 is 0 Å². The van der Waals surface area contributed by atoms with E-state index in [1.165, 1.54) is 0 Å². The van der Waals surface area contributed by atoms with Crippen molar-refractivity contribution in [1.82, 2.24) is 9.97 Å². The number of nitrogens with one attached hydrogen (secondary N) is 1. The quantitative estimate of drug-likeness (QED) is 0.824. The molecule has 0 aliphatic rings. The molecule has 0 amide bonds. The fourth-order valence-corrected chi connectivity index (χ4v) is 1.64. The van der Waals surface area contributed by atoms with Gasteiger partial charge in [0.25, 0.3) is 0 Å². The molecule has 1 N–H and O–H groups in total. The predicted octanol–water partition coefficient (Wildman–Crippen LogP) is 2.63. The van der Waals surface area contributed by atoms with Crippen LogP contribution in [0.2, 0.25) is 0 Å². The number of aryl methyl sites for hydroxylation is 1. The third-order valence-electron chi connectivity index (χ3n) is 2.86. The number of rotatable bonds is 6. The fraction of sp³-hybridized carbons (Fsp3) is 0.692. The Balaban J connectivity index is 3.11. The van der Waals surface area contributed by atoms with Gasteiger partial charge in [0, 0.05) is 32.1 Å². The highest BCUT2D eigenvalue weighted by Gasteiger charge is 2.12. The third kappa shape index (κ3) is 3.32. The molecule has 0 radical (unpaired) electrons. The zero-order valence-electron chi connectivity index (χ0n) is 11.7. The lowest BCUT2D eigenvalue weighted by Gasteiger charge is -2.20. The molecule has 0 saturated carbocycles. The van der Waals surface area contributed by atoms with E-state index in [9.17, 15) is 0 Å². The molecule has 0 spiro atoms. The average Bonchev–Trinajstić information content (AvgIpc) is 2.36. The summed E-state index contributed by atoms with van der Waals surface area (Å²) in [5.41, 5.74) is 1.14. The Bertz CT molecular complexity index is 363. The zero-order valence-corrected chi connectivity index (χ0v) is 11.7. The molecular formula is C13H24N4. The van der Waals surface area contributed by atoms with Crippen molar-refractivity contribution in [3.8, 4) is 0 Å². The van der Waals surface area contributed by atoms with Crippen molar-refractivity contribution >= 4 is 11.6 Å². The maximum atomic E-state index is 4.61. The van der Waals surface area contributed by atoms with Crippen LogP contribution >= 0.6 is 0 Å². The lowest BCUT2D eigenvalue weighted by Crippen LogP contribution is -2.21. The smallest absolute Gasteiger partial charge is 0.137 e. The highest BCUT2D eigenvalue weighted by atomic mass is 15.2. The second kappa shape index (κ2) is 6.42. The first-order valence-electron chi connectivity index (χ1n) is 6.46. The summed E-state index contributed by atoms with van der Waals surface area (Å²) in [7, 11) is 2.07. The van der Waals surface area contributed by atoms with E-state index in [0.717, 1.165) is 49.0 Å². The van der Waals surface area contributed by atoms with Crippen LogP contribution in [0.25, 0.3) is 0 Å². The monoisotopic (exact) mass is 236 g/mol. The standard InChI is InChI=1S/C13H24N4/c1-6-9-14-12-10(4)13(17(5)8-3)16-11(7-2)15-12/h6-9H2,1-5H3,(H,14,15,16). The molecule has 1 aromatic rings. The van der Waals surface area contributed by atoms with E-state index < -0.39 is 0 Å². The van der Waals surface area contributed by atoms with Crippen LogP contribution in [0.15, 0.2) is 0 Å². The molecule has 0 atom stereocenters. The Morgan fingerprint density at radius 1 is 1.18 bits per heavy atom. The van der Waals surface area contributed by atoms with E-state index in [0.29, 0.717) is 0 Å². The topological polar surface area (TPSA) is 41.1 Å². The molecule has 4 heteroatoms. The van der Waals surface area contributed by atoms with E-state index in [2.05, 4.69) is 54.9 Å². The fourth-order valence-electron chi connectivity index (χ4n) is 1.64. The summed E-state index contributed by atoms with van der Waals surface area (Å²) in [5, 5.41) is 3.38. The van der Waals surface area contributed by atoms with Crippen molar-refractivity contribution < 1.29 is 0 Å². The maximum absolute atomic E-state index is 4.61. The van der Waals surface area contributed by atoms with Crippen molar-refractivity contribution in [2.75, 3.05) is 30.4 Å². The second-order valence-corrected chi connectivity index (χ2v) is 4.23. The molecule has 4 nitrogen and oxygen atoms in total. The molecule has 1 rings (SSSR count). The minimum absolute atomic E-state index is 0.867. The Morgan fingerprint density at radius 2 is 1.88 bits per heavy atom. The Kier molecular flexibility index (Phi) is 5.19. The van der Waals surface area contributed by atoms with Crippen LogP contribution in [0.4, 0.5) is 11.6 Å². The van der Waals surface area contributed by atoms with Gasteiger partial charge in [-0.15, -0.1) is 0 Å². The highest BCUT2D eigenvalue weighted by molar-refractivity contribution is 5.58. The van der Waals surface area contributed by atoms with Gasteiger partial charge in [0.2, 0.25) is 0 Å². The molecule has 0 aliphatic carbocycles. The van der Waals surface area contributed by atoms with Gasteiger partial charge in [-0.1, -0.05) is 13.8 Å². The first-order chi connectivity index (χ1) is 8.13. The first kappa shape index (κ1) is 13.7. The third-order valence-corrected chi connectivity index (χ3v) is 2.86. The number of hydrogen-bond donors (Lipinski definition) is 1. The van der Waals surface area contributed by atoms with E-state index in [4.69, 9.17) is 0 Å². The molecule has 1 heterocycles. The molecule has 0 fully saturated rings. The number of hydrogen-bond acceptors (Lipinski definition) is 4. The lowest BCUT2D eigenvalue weighted by molar-refractivity contribution is 0.863. The lowest BCUT2D eigenvalue weighted by atomic mass is 10.2. The summed E-state index contributed by atoms with van der Waals surface area (Å²) >= 11 is 0. The predicted molar refractivity (Wildman–Crippen MR) is 73.9 cm³/mol. The van der Waals surface area contributed by atoms with Crippen LogP contribution in [-0.4, -0.2) is 30.1 Å². The first-order valence-corrected chi connectivity index (χ1v) is 6.46. The van der Waals surface area contributed by atoms with E-state index in [1.54, 1.807) is 0 Å². The Morgan fingerprint density at radius 3 is 2.41 bits per heavy atom. The minimum Gasteiger partial charge on any atom is -0.370 e. The second-order valence-electron chi connectivity index (χ2n) is 4.23. The molecule has 1 aromatic heterocycles. The summed E-state index contributed by atoms with van der Waals surface area (Å²) in [6.07, 6.45) is 1.97. The van der Waals surface area contributed by atoms with Crippen molar-refractivity contribution in [3.05, 3.63) is 11.4 Å². The van der Waals surface area contributed by atoms with Gasteiger partial charge >= 0.3 is 0 Å². The van der Waals surface area contributed by atoms with Gasteiger partial charge in [-0.05, 0) is 20.3 Å². The summed E-state index contributed by atoms with van der Waals surface area (Å²) in [6.45, 7) is 10.4. The molecule has 0 unspecified atom stereocenters. The molecular weight excluding hydrogens is 212 g/mol. The highest BCUT2D eigenvalue weighted by Crippen LogP contribution is 2.22. The van der Waals surface area contributed by atoms with Crippen molar-refractivity contribution in [2.45, 2.75) is 40.5 Å². The minimum atomic E-state index is 0.867. The SMILES string of the molecule is CCCNc1nc(CC)nc(N(C)CC)c1C. The summed E-state index contributed by atoms with van der Waals surface area (Å²) < 4.78 is 0. The van der Waals surface area contributed by atoms with Crippen molar-refractivity contribution in [3.63, 3.8) is 0 Å². The van der Waals surface area contributed by atoms with Gasteiger partial charge in [-0.25, -0.2) is 9.97 Å². The van der Waals surface area contributed by atoms with Gasteiger partial charge in [0.15, 0.2) is 0 Å². The van der Waals surface area contributed by atoms with Crippen LogP contribution < -0.4 is 10.2 Å². The summed E-state index contributed by atoms with van der Waals surface area (Å²) in [6, 6.07) is 0. The van der Waals surface area contributed by atoms with Gasteiger partial charge in [0.1, 0.15) is 17.5 Å². The molecule has 0 bridgehead atoms. The van der Waals surface area contributed by atoms with Crippen molar-refractivity contribution in [2.24, 2.45) is 0 Å². The van der Waals surface area contributed by atoms with Crippen LogP contribution in [-0.2, 0) is 6.42 Å². The molecule has 96 valence electrons.